The minimum absolute atomic E-state index is 0.000432. The maximum atomic E-state index is 13.0. The summed E-state index contributed by atoms with van der Waals surface area (Å²) >= 11 is 0. The monoisotopic (exact) mass is 381 g/mol. The molecule has 3 rings (SSSR count). The largest absolute Gasteiger partial charge is 0.368 e. The molecule has 2 aromatic rings. The minimum Gasteiger partial charge on any atom is -0.368 e. The van der Waals surface area contributed by atoms with Crippen LogP contribution in [0.4, 0.5) is 11.5 Å². The van der Waals surface area contributed by atoms with E-state index < -0.39 is 0 Å². The van der Waals surface area contributed by atoms with Crippen LogP contribution in [0.15, 0.2) is 30.3 Å². The third-order valence-electron chi connectivity index (χ3n) is 5.22. The second kappa shape index (κ2) is 9.04. The van der Waals surface area contributed by atoms with Gasteiger partial charge in [-0.05, 0) is 38.0 Å². The number of hydrogen-bond donors (Lipinski definition) is 0. The number of hydrogen-bond acceptors (Lipinski definition) is 5. The fourth-order valence-corrected chi connectivity index (χ4v) is 3.52. The van der Waals surface area contributed by atoms with E-state index in [-0.39, 0.29) is 5.91 Å². The number of amides is 1. The highest BCUT2D eigenvalue weighted by Gasteiger charge is 2.24. The average Bonchev–Trinajstić information content (AvgIpc) is 2.71. The summed E-state index contributed by atoms with van der Waals surface area (Å²) < 4.78 is 0. The third kappa shape index (κ3) is 4.80. The number of carbonyl (C=O) groups is 1. The van der Waals surface area contributed by atoms with Gasteiger partial charge in [-0.1, -0.05) is 25.5 Å². The molecule has 0 bridgehead atoms. The molecule has 0 radical (unpaired) electrons. The normalized spacial score (nSPS) is 14.3. The number of carbonyl (C=O) groups excluding carboxylic acids is 1. The van der Waals surface area contributed by atoms with E-state index in [9.17, 15) is 4.79 Å². The van der Waals surface area contributed by atoms with Crippen LogP contribution in [0.2, 0.25) is 0 Å². The van der Waals surface area contributed by atoms with E-state index in [1.807, 2.05) is 24.9 Å². The zero-order chi connectivity index (χ0) is 20.1. The average molecular weight is 382 g/mol. The first-order valence-corrected chi connectivity index (χ1v) is 10.2. The van der Waals surface area contributed by atoms with Crippen LogP contribution in [-0.2, 0) is 0 Å². The summed E-state index contributed by atoms with van der Waals surface area (Å²) in [4.78, 5) is 28.3. The van der Waals surface area contributed by atoms with E-state index in [4.69, 9.17) is 0 Å². The summed E-state index contributed by atoms with van der Waals surface area (Å²) in [7, 11) is 2.02. The topological polar surface area (TPSA) is 52.6 Å². The fraction of sp³-hybridized carbons (Fsp3) is 0.500. The van der Waals surface area contributed by atoms with E-state index in [1.54, 1.807) is 0 Å². The Hall–Kier alpha value is -2.63. The van der Waals surface area contributed by atoms with Gasteiger partial charge in [-0.2, -0.15) is 0 Å². The smallest absolute Gasteiger partial charge is 0.272 e. The Bertz CT molecular complexity index is 814. The van der Waals surface area contributed by atoms with Gasteiger partial charge < -0.3 is 14.7 Å². The van der Waals surface area contributed by atoms with E-state index >= 15 is 0 Å². The van der Waals surface area contributed by atoms with Crippen LogP contribution in [0.25, 0.3) is 0 Å². The Kier molecular flexibility index (Phi) is 6.49. The highest BCUT2D eigenvalue weighted by Crippen LogP contribution is 2.19. The molecule has 150 valence electrons. The molecule has 0 unspecified atom stereocenters. The first-order chi connectivity index (χ1) is 13.5. The van der Waals surface area contributed by atoms with Gasteiger partial charge >= 0.3 is 0 Å². The molecular weight excluding hydrogens is 350 g/mol. The van der Waals surface area contributed by atoms with Crippen molar-refractivity contribution in [1.82, 2.24) is 14.9 Å². The molecule has 0 saturated carbocycles. The van der Waals surface area contributed by atoms with Crippen molar-refractivity contribution in [3.63, 3.8) is 0 Å². The second-order valence-corrected chi connectivity index (χ2v) is 7.55. The number of unbranched alkanes of at least 4 members (excludes halogenated alkanes) is 1. The fourth-order valence-electron chi connectivity index (χ4n) is 3.52. The first kappa shape index (κ1) is 20.1. The molecule has 1 amide bonds. The summed E-state index contributed by atoms with van der Waals surface area (Å²) in [6.07, 6.45) is 2.23. The number of nitrogens with zero attached hydrogens (tertiary/aromatic N) is 5. The summed E-state index contributed by atoms with van der Waals surface area (Å²) in [5, 5.41) is 0. The molecular formula is C22H31N5O. The lowest BCUT2D eigenvalue weighted by Gasteiger charge is -2.36. The van der Waals surface area contributed by atoms with Crippen molar-refractivity contribution in [2.75, 3.05) is 49.6 Å². The van der Waals surface area contributed by atoms with E-state index in [0.29, 0.717) is 24.6 Å². The maximum absolute atomic E-state index is 13.0. The lowest BCUT2D eigenvalue weighted by atomic mass is 10.2. The summed E-state index contributed by atoms with van der Waals surface area (Å²) in [5.41, 5.74) is 2.98. The highest BCUT2D eigenvalue weighted by molar-refractivity contribution is 5.93. The van der Waals surface area contributed by atoms with Gasteiger partial charge in [0.05, 0.1) is 0 Å². The molecule has 1 saturated heterocycles. The van der Waals surface area contributed by atoms with Crippen LogP contribution in [-0.4, -0.2) is 60.5 Å². The van der Waals surface area contributed by atoms with Crippen molar-refractivity contribution < 1.29 is 4.79 Å². The van der Waals surface area contributed by atoms with Crippen molar-refractivity contribution in [2.24, 2.45) is 0 Å². The molecule has 0 atom stereocenters. The molecule has 2 heterocycles. The predicted molar refractivity (Wildman–Crippen MR) is 114 cm³/mol. The van der Waals surface area contributed by atoms with Crippen LogP contribution >= 0.6 is 0 Å². The third-order valence-corrected chi connectivity index (χ3v) is 5.22. The van der Waals surface area contributed by atoms with Crippen molar-refractivity contribution in [2.45, 2.75) is 33.6 Å². The Morgan fingerprint density at radius 2 is 1.86 bits per heavy atom. The van der Waals surface area contributed by atoms with E-state index in [0.717, 1.165) is 38.3 Å². The van der Waals surface area contributed by atoms with Gasteiger partial charge in [-0.3, -0.25) is 4.79 Å². The zero-order valence-electron chi connectivity index (χ0n) is 17.5. The molecule has 1 aliphatic heterocycles. The molecule has 1 aromatic carbocycles. The molecule has 0 N–H and O–H groups in total. The van der Waals surface area contributed by atoms with Gasteiger partial charge in [-0.15, -0.1) is 0 Å². The molecule has 6 heteroatoms. The highest BCUT2D eigenvalue weighted by atomic mass is 16.2. The van der Waals surface area contributed by atoms with Gasteiger partial charge in [0, 0.05) is 51.5 Å². The lowest BCUT2D eigenvalue weighted by molar-refractivity contribution is 0.0740. The number of aromatic nitrogens is 2. The molecule has 1 fully saturated rings. The number of anilines is 2. The summed E-state index contributed by atoms with van der Waals surface area (Å²) in [5.74, 6) is 1.46. The van der Waals surface area contributed by atoms with E-state index in [1.165, 1.54) is 11.3 Å². The van der Waals surface area contributed by atoms with Gasteiger partial charge in [0.2, 0.25) is 0 Å². The number of aryl methyl sites for hydroxylation is 2. The minimum atomic E-state index is -0.000432. The Morgan fingerprint density at radius 1 is 1.11 bits per heavy atom. The predicted octanol–water partition coefficient (Wildman–Crippen LogP) is 3.29. The molecule has 1 aliphatic rings. The summed E-state index contributed by atoms with van der Waals surface area (Å²) in [6.45, 7) is 10.1. The van der Waals surface area contributed by atoms with Gasteiger partial charge in [0.1, 0.15) is 17.3 Å². The van der Waals surface area contributed by atoms with Crippen LogP contribution in [0.1, 0.15) is 41.6 Å². The number of rotatable bonds is 6. The Balaban J connectivity index is 1.67. The van der Waals surface area contributed by atoms with Gasteiger partial charge in [-0.25, -0.2) is 9.97 Å². The number of benzene rings is 1. The molecule has 0 aliphatic carbocycles. The zero-order valence-corrected chi connectivity index (χ0v) is 17.5. The van der Waals surface area contributed by atoms with Crippen molar-refractivity contribution >= 4 is 17.4 Å². The molecule has 1 aromatic heterocycles. The van der Waals surface area contributed by atoms with E-state index in [2.05, 4.69) is 57.9 Å². The SMILES string of the molecule is CCCCN(C)c1cc(C(=O)N2CCN(c3cccc(C)c3)CC2)nc(C)n1. The first-order valence-electron chi connectivity index (χ1n) is 10.2. The standard InChI is InChI=1S/C22H31N5O/c1-5-6-10-25(4)21-16-20(23-18(3)24-21)22(28)27-13-11-26(12-14-27)19-9-7-8-17(2)15-19/h7-9,15-16H,5-6,10-14H2,1-4H3. The Morgan fingerprint density at radius 3 is 2.54 bits per heavy atom. The Labute approximate surface area is 168 Å². The quantitative estimate of drug-likeness (QED) is 0.768. The van der Waals surface area contributed by atoms with Crippen molar-refractivity contribution in [3.05, 3.63) is 47.4 Å². The van der Waals surface area contributed by atoms with Crippen LogP contribution in [0.3, 0.4) is 0 Å². The van der Waals surface area contributed by atoms with Crippen molar-refractivity contribution in [3.8, 4) is 0 Å². The van der Waals surface area contributed by atoms with Crippen LogP contribution in [0, 0.1) is 13.8 Å². The molecule has 0 spiro atoms. The summed E-state index contributed by atoms with van der Waals surface area (Å²) in [6, 6.07) is 10.4. The molecule has 6 nitrogen and oxygen atoms in total. The van der Waals surface area contributed by atoms with Crippen LogP contribution in [0.5, 0.6) is 0 Å². The maximum Gasteiger partial charge on any atom is 0.272 e. The number of piperazine rings is 1. The van der Waals surface area contributed by atoms with Crippen molar-refractivity contribution in [1.29, 1.82) is 0 Å². The van der Waals surface area contributed by atoms with Crippen LogP contribution < -0.4 is 9.80 Å². The molecule has 28 heavy (non-hydrogen) atoms. The van der Waals surface area contributed by atoms with Gasteiger partial charge in [0.25, 0.3) is 5.91 Å². The van der Waals surface area contributed by atoms with Gasteiger partial charge in [0.15, 0.2) is 0 Å². The lowest BCUT2D eigenvalue weighted by Crippen LogP contribution is -2.49. The second-order valence-electron chi connectivity index (χ2n) is 7.55.